The number of rotatable bonds is 6. The molecule has 4 nitrogen and oxygen atoms in total. The number of nitrogens with two attached hydrogens (primary N) is 1. The van der Waals surface area contributed by atoms with Crippen molar-refractivity contribution in [2.24, 2.45) is 5.73 Å². The lowest BCUT2D eigenvalue weighted by molar-refractivity contribution is -0.121. The smallest absolute Gasteiger partial charge is 0.236 e. The Balaban J connectivity index is 2.37. The normalized spacial score (nSPS) is 12.3. The lowest BCUT2D eigenvalue weighted by atomic mass is 10.1. The van der Waals surface area contributed by atoms with E-state index in [9.17, 15) is 4.79 Å². The van der Waals surface area contributed by atoms with Crippen LogP contribution in [0.1, 0.15) is 26.3 Å². The number of amides is 1. The van der Waals surface area contributed by atoms with Crippen LogP contribution < -0.4 is 15.8 Å². The third-order valence-electron chi connectivity index (χ3n) is 2.42. The molecule has 0 aliphatic rings. The predicted octanol–water partition coefficient (Wildman–Crippen LogP) is 1.48. The molecule has 4 heteroatoms. The van der Waals surface area contributed by atoms with Crippen LogP contribution in [0.3, 0.4) is 0 Å². The highest BCUT2D eigenvalue weighted by molar-refractivity contribution is 5.80. The van der Waals surface area contributed by atoms with E-state index in [1.807, 2.05) is 38.1 Å². The average molecular weight is 250 g/mol. The summed E-state index contributed by atoms with van der Waals surface area (Å²) in [5.74, 6) is 0.753. The van der Waals surface area contributed by atoms with Gasteiger partial charge in [0.15, 0.2) is 0 Å². The Labute approximate surface area is 109 Å². The summed E-state index contributed by atoms with van der Waals surface area (Å²) < 4.78 is 5.56. The molecule has 0 aliphatic heterocycles. The molecule has 0 aromatic heterocycles. The summed E-state index contributed by atoms with van der Waals surface area (Å²) in [6.45, 7) is 6.27. The van der Waals surface area contributed by atoms with Crippen LogP contribution in [0.15, 0.2) is 24.3 Å². The molecule has 0 saturated carbocycles. The van der Waals surface area contributed by atoms with Crippen LogP contribution >= 0.6 is 0 Å². The predicted molar refractivity (Wildman–Crippen MR) is 72.6 cm³/mol. The second-order valence-corrected chi connectivity index (χ2v) is 4.64. The van der Waals surface area contributed by atoms with Gasteiger partial charge in [0.05, 0.1) is 12.1 Å². The standard InChI is InChI=1S/C14H22N2O2/c1-10(2)18-13-6-4-12(5-7-13)8-9-16-14(17)11(3)15/h4-7,10-11H,8-9,15H2,1-3H3,(H,16,17). The van der Waals surface area contributed by atoms with Crippen molar-refractivity contribution in [1.82, 2.24) is 5.32 Å². The molecular formula is C14H22N2O2. The van der Waals surface area contributed by atoms with Crippen molar-refractivity contribution in [2.75, 3.05) is 6.54 Å². The number of nitrogens with one attached hydrogen (secondary N) is 1. The van der Waals surface area contributed by atoms with Crippen molar-refractivity contribution in [2.45, 2.75) is 39.3 Å². The number of carbonyl (C=O) groups excluding carboxylic acids is 1. The van der Waals surface area contributed by atoms with E-state index >= 15 is 0 Å². The lowest BCUT2D eigenvalue weighted by Crippen LogP contribution is -2.39. The molecule has 0 spiro atoms. The molecule has 1 atom stereocenters. The third-order valence-corrected chi connectivity index (χ3v) is 2.42. The van der Waals surface area contributed by atoms with Gasteiger partial charge in [-0.15, -0.1) is 0 Å². The van der Waals surface area contributed by atoms with Gasteiger partial charge in [-0.1, -0.05) is 12.1 Å². The SMILES string of the molecule is CC(C)Oc1ccc(CCNC(=O)C(C)N)cc1. The van der Waals surface area contributed by atoms with Crippen molar-refractivity contribution in [3.05, 3.63) is 29.8 Å². The third kappa shape index (κ3) is 5.19. The van der Waals surface area contributed by atoms with Gasteiger partial charge in [-0.25, -0.2) is 0 Å². The zero-order chi connectivity index (χ0) is 13.5. The Morgan fingerprint density at radius 1 is 1.28 bits per heavy atom. The summed E-state index contributed by atoms with van der Waals surface area (Å²) in [6, 6.07) is 7.46. The Morgan fingerprint density at radius 2 is 1.89 bits per heavy atom. The molecule has 1 unspecified atom stereocenters. The van der Waals surface area contributed by atoms with E-state index < -0.39 is 6.04 Å². The van der Waals surface area contributed by atoms with Crippen molar-refractivity contribution in [1.29, 1.82) is 0 Å². The summed E-state index contributed by atoms with van der Waals surface area (Å²) in [4.78, 5) is 11.3. The zero-order valence-corrected chi connectivity index (χ0v) is 11.3. The molecule has 0 bridgehead atoms. The molecular weight excluding hydrogens is 228 g/mol. The van der Waals surface area contributed by atoms with E-state index in [2.05, 4.69) is 5.32 Å². The van der Waals surface area contributed by atoms with E-state index in [0.29, 0.717) is 6.54 Å². The van der Waals surface area contributed by atoms with Crippen molar-refractivity contribution in [3.63, 3.8) is 0 Å². The number of hydrogen-bond acceptors (Lipinski definition) is 3. The van der Waals surface area contributed by atoms with Gasteiger partial charge in [0, 0.05) is 6.54 Å². The van der Waals surface area contributed by atoms with Crippen LogP contribution in [0.5, 0.6) is 5.75 Å². The molecule has 0 fully saturated rings. The average Bonchev–Trinajstić information content (AvgIpc) is 2.30. The first-order valence-corrected chi connectivity index (χ1v) is 6.28. The van der Waals surface area contributed by atoms with Gasteiger partial charge in [0.2, 0.25) is 5.91 Å². The highest BCUT2D eigenvalue weighted by Crippen LogP contribution is 2.13. The van der Waals surface area contributed by atoms with Crippen LogP contribution in [0.25, 0.3) is 0 Å². The Hall–Kier alpha value is -1.55. The summed E-state index contributed by atoms with van der Waals surface area (Å²) in [5, 5.41) is 2.78. The lowest BCUT2D eigenvalue weighted by Gasteiger charge is -2.10. The van der Waals surface area contributed by atoms with Gasteiger partial charge < -0.3 is 15.8 Å². The Morgan fingerprint density at radius 3 is 2.39 bits per heavy atom. The molecule has 1 aromatic rings. The second-order valence-electron chi connectivity index (χ2n) is 4.64. The van der Waals surface area contributed by atoms with Crippen LogP contribution in [0, 0.1) is 0 Å². The number of hydrogen-bond donors (Lipinski definition) is 2. The molecule has 0 radical (unpaired) electrons. The number of benzene rings is 1. The highest BCUT2D eigenvalue weighted by atomic mass is 16.5. The first kappa shape index (κ1) is 14.5. The van der Waals surface area contributed by atoms with Crippen molar-refractivity contribution < 1.29 is 9.53 Å². The van der Waals surface area contributed by atoms with E-state index in [4.69, 9.17) is 10.5 Å². The van der Waals surface area contributed by atoms with Gasteiger partial charge in [-0.2, -0.15) is 0 Å². The molecule has 1 aromatic carbocycles. The zero-order valence-electron chi connectivity index (χ0n) is 11.3. The Bertz CT molecular complexity index is 372. The maximum Gasteiger partial charge on any atom is 0.236 e. The van der Waals surface area contributed by atoms with E-state index in [0.717, 1.165) is 17.7 Å². The molecule has 100 valence electrons. The summed E-state index contributed by atoms with van der Waals surface area (Å²) >= 11 is 0. The largest absolute Gasteiger partial charge is 0.491 e. The number of carbonyl (C=O) groups is 1. The monoisotopic (exact) mass is 250 g/mol. The van der Waals surface area contributed by atoms with Crippen LogP contribution in [0.4, 0.5) is 0 Å². The minimum absolute atomic E-state index is 0.116. The summed E-state index contributed by atoms with van der Waals surface area (Å²) in [6.07, 6.45) is 0.974. The Kier molecular flexibility index (Phi) is 5.65. The number of ether oxygens (including phenoxy) is 1. The molecule has 0 aliphatic carbocycles. The van der Waals surface area contributed by atoms with Crippen LogP contribution in [0.2, 0.25) is 0 Å². The van der Waals surface area contributed by atoms with Crippen molar-refractivity contribution in [3.8, 4) is 5.75 Å². The molecule has 0 saturated heterocycles. The molecule has 1 amide bonds. The maximum absolute atomic E-state index is 11.3. The first-order chi connectivity index (χ1) is 8.49. The summed E-state index contributed by atoms with van der Waals surface area (Å²) in [7, 11) is 0. The van der Waals surface area contributed by atoms with Gasteiger partial charge >= 0.3 is 0 Å². The maximum atomic E-state index is 11.3. The molecule has 18 heavy (non-hydrogen) atoms. The van der Waals surface area contributed by atoms with E-state index in [1.54, 1.807) is 6.92 Å². The van der Waals surface area contributed by atoms with Gasteiger partial charge in [0.25, 0.3) is 0 Å². The quantitative estimate of drug-likeness (QED) is 0.803. The molecule has 1 rings (SSSR count). The van der Waals surface area contributed by atoms with Gasteiger partial charge in [-0.3, -0.25) is 4.79 Å². The molecule has 3 N–H and O–H groups in total. The minimum Gasteiger partial charge on any atom is -0.491 e. The van der Waals surface area contributed by atoms with E-state index in [1.165, 1.54) is 0 Å². The highest BCUT2D eigenvalue weighted by Gasteiger charge is 2.05. The fourth-order valence-electron chi connectivity index (χ4n) is 1.50. The fraction of sp³-hybridized carbons (Fsp3) is 0.500. The van der Waals surface area contributed by atoms with E-state index in [-0.39, 0.29) is 12.0 Å². The van der Waals surface area contributed by atoms with Gasteiger partial charge in [-0.05, 0) is 44.9 Å². The minimum atomic E-state index is -0.452. The fourth-order valence-corrected chi connectivity index (χ4v) is 1.50. The molecule has 0 heterocycles. The first-order valence-electron chi connectivity index (χ1n) is 6.28. The van der Waals surface area contributed by atoms with Crippen molar-refractivity contribution >= 4 is 5.91 Å². The summed E-state index contributed by atoms with van der Waals surface area (Å²) in [5.41, 5.74) is 6.62. The second kappa shape index (κ2) is 7.01. The van der Waals surface area contributed by atoms with Gasteiger partial charge in [0.1, 0.15) is 5.75 Å². The topological polar surface area (TPSA) is 64.3 Å². The van der Waals surface area contributed by atoms with Crippen LogP contribution in [-0.4, -0.2) is 24.6 Å². The van der Waals surface area contributed by atoms with Crippen LogP contribution in [-0.2, 0) is 11.2 Å².